The minimum Gasteiger partial charge on any atom is -0.492 e. The minimum atomic E-state index is -3.75. The molecule has 0 aliphatic carbocycles. The molecule has 2 aromatic rings. The maximum Gasteiger partial charge on any atom is 0.240 e. The fourth-order valence-corrected chi connectivity index (χ4v) is 3.70. The van der Waals surface area contributed by atoms with Gasteiger partial charge >= 0.3 is 0 Å². The van der Waals surface area contributed by atoms with Crippen molar-refractivity contribution in [1.29, 1.82) is 0 Å². The van der Waals surface area contributed by atoms with Gasteiger partial charge in [-0.05, 0) is 24.3 Å². The maximum absolute atomic E-state index is 12.4. The molecule has 0 saturated heterocycles. The second kappa shape index (κ2) is 10.1. The molecule has 0 unspecified atom stereocenters. The summed E-state index contributed by atoms with van der Waals surface area (Å²) < 4.78 is 43.8. The van der Waals surface area contributed by atoms with E-state index in [4.69, 9.17) is 14.2 Å². The van der Waals surface area contributed by atoms with Gasteiger partial charge in [0.15, 0.2) is 11.5 Å². The Labute approximate surface area is 170 Å². The van der Waals surface area contributed by atoms with Crippen molar-refractivity contribution in [3.8, 4) is 17.2 Å². The number of rotatable bonds is 9. The number of benzene rings is 2. The first-order valence-corrected chi connectivity index (χ1v) is 10.9. The maximum atomic E-state index is 12.4. The molecule has 9 heteroatoms. The molecule has 2 aromatic carbocycles. The Balaban J connectivity index is 1.41. The van der Waals surface area contributed by atoms with Gasteiger partial charge in [-0.25, -0.2) is 13.1 Å². The number of hydrogen-bond acceptors (Lipinski definition) is 6. The van der Waals surface area contributed by atoms with Crippen molar-refractivity contribution in [3.05, 3.63) is 48.5 Å². The molecule has 3 rings (SSSR count). The lowest BCUT2D eigenvalue weighted by Crippen LogP contribution is -2.32. The molecule has 0 spiro atoms. The summed E-state index contributed by atoms with van der Waals surface area (Å²) in [6.45, 7) is 1.66. The largest absolute Gasteiger partial charge is 0.492 e. The second-order valence-corrected chi connectivity index (χ2v) is 8.09. The molecular weight excluding hydrogens is 396 g/mol. The van der Waals surface area contributed by atoms with Crippen molar-refractivity contribution in [1.82, 2.24) is 10.0 Å². The third kappa shape index (κ3) is 6.37. The molecule has 2 N–H and O–H groups in total. The molecule has 0 fully saturated rings. The smallest absolute Gasteiger partial charge is 0.240 e. The van der Waals surface area contributed by atoms with Crippen LogP contribution in [0.1, 0.15) is 12.8 Å². The van der Waals surface area contributed by atoms with Crippen molar-refractivity contribution >= 4 is 15.9 Å². The van der Waals surface area contributed by atoms with Crippen LogP contribution in [0.3, 0.4) is 0 Å². The molecule has 1 aliphatic rings. The summed E-state index contributed by atoms with van der Waals surface area (Å²) in [5, 5.41) is 2.69. The van der Waals surface area contributed by atoms with E-state index in [1.165, 1.54) is 12.1 Å². The van der Waals surface area contributed by atoms with Crippen molar-refractivity contribution in [3.63, 3.8) is 0 Å². The van der Waals surface area contributed by atoms with Crippen molar-refractivity contribution in [2.75, 3.05) is 32.9 Å². The quantitative estimate of drug-likeness (QED) is 0.599. The number of amides is 1. The molecule has 1 amide bonds. The third-order valence-electron chi connectivity index (χ3n) is 4.11. The first-order chi connectivity index (χ1) is 14.0. The van der Waals surface area contributed by atoms with Crippen LogP contribution in [-0.4, -0.2) is 47.2 Å². The summed E-state index contributed by atoms with van der Waals surface area (Å²) >= 11 is 0. The molecule has 0 atom stereocenters. The number of carbonyl (C=O) groups excluding carboxylic acids is 1. The van der Waals surface area contributed by atoms with Crippen LogP contribution in [0.2, 0.25) is 0 Å². The highest BCUT2D eigenvalue weighted by Crippen LogP contribution is 2.31. The zero-order valence-corrected chi connectivity index (χ0v) is 16.7. The zero-order valence-electron chi connectivity index (χ0n) is 15.9. The van der Waals surface area contributed by atoms with Crippen LogP contribution >= 0.6 is 0 Å². The van der Waals surface area contributed by atoms with Gasteiger partial charge in [0.1, 0.15) is 12.4 Å². The van der Waals surface area contributed by atoms with Gasteiger partial charge in [0.05, 0.1) is 24.7 Å². The van der Waals surface area contributed by atoms with E-state index in [9.17, 15) is 13.2 Å². The SMILES string of the molecule is O=C(CCNS(=O)(=O)c1ccc2c(c1)OCCCO2)NCCOc1ccccc1. The Bertz CT molecular complexity index is 918. The monoisotopic (exact) mass is 420 g/mol. The van der Waals surface area contributed by atoms with E-state index in [1.807, 2.05) is 30.3 Å². The number of carbonyl (C=O) groups is 1. The average molecular weight is 420 g/mol. The molecule has 8 nitrogen and oxygen atoms in total. The lowest BCUT2D eigenvalue weighted by molar-refractivity contribution is -0.121. The normalized spacial score (nSPS) is 13.4. The van der Waals surface area contributed by atoms with Crippen LogP contribution < -0.4 is 24.2 Å². The lowest BCUT2D eigenvalue weighted by Gasteiger charge is -2.11. The van der Waals surface area contributed by atoms with Gasteiger partial charge in [0, 0.05) is 25.5 Å². The molecule has 0 bridgehead atoms. The molecular formula is C20H24N2O6S. The summed E-state index contributed by atoms with van der Waals surface area (Å²) in [6, 6.07) is 13.7. The number of hydrogen-bond donors (Lipinski definition) is 2. The van der Waals surface area contributed by atoms with E-state index < -0.39 is 10.0 Å². The first-order valence-electron chi connectivity index (χ1n) is 9.38. The number of para-hydroxylation sites is 1. The van der Waals surface area contributed by atoms with E-state index in [2.05, 4.69) is 10.0 Å². The highest BCUT2D eigenvalue weighted by Gasteiger charge is 2.18. The topological polar surface area (TPSA) is 103 Å². The summed E-state index contributed by atoms with van der Waals surface area (Å²) in [6.07, 6.45) is 0.760. The second-order valence-electron chi connectivity index (χ2n) is 6.32. The number of nitrogens with one attached hydrogen (secondary N) is 2. The molecule has 0 saturated carbocycles. The number of fused-ring (bicyclic) bond motifs is 1. The van der Waals surface area contributed by atoms with Gasteiger partial charge < -0.3 is 19.5 Å². The van der Waals surface area contributed by atoms with Crippen LogP contribution in [0.4, 0.5) is 0 Å². The van der Waals surface area contributed by atoms with Gasteiger partial charge in [-0.15, -0.1) is 0 Å². The number of sulfonamides is 1. The molecule has 0 aromatic heterocycles. The van der Waals surface area contributed by atoms with Gasteiger partial charge in [0.2, 0.25) is 15.9 Å². The van der Waals surface area contributed by atoms with Crippen molar-refractivity contribution in [2.45, 2.75) is 17.7 Å². The van der Waals surface area contributed by atoms with Crippen LogP contribution in [-0.2, 0) is 14.8 Å². The summed E-state index contributed by atoms with van der Waals surface area (Å²) in [7, 11) is -3.75. The summed E-state index contributed by atoms with van der Waals surface area (Å²) in [5.74, 6) is 1.40. The molecule has 1 aliphatic heterocycles. The van der Waals surface area contributed by atoms with E-state index in [1.54, 1.807) is 6.07 Å². The highest BCUT2D eigenvalue weighted by molar-refractivity contribution is 7.89. The van der Waals surface area contributed by atoms with Crippen LogP contribution in [0.15, 0.2) is 53.4 Å². The van der Waals surface area contributed by atoms with Crippen LogP contribution in [0.5, 0.6) is 17.2 Å². The van der Waals surface area contributed by atoms with E-state index >= 15 is 0 Å². The first kappa shape index (κ1) is 20.9. The highest BCUT2D eigenvalue weighted by atomic mass is 32.2. The van der Waals surface area contributed by atoms with Gasteiger partial charge in [-0.3, -0.25) is 4.79 Å². The third-order valence-corrected chi connectivity index (χ3v) is 5.57. The van der Waals surface area contributed by atoms with Gasteiger partial charge in [-0.1, -0.05) is 18.2 Å². The van der Waals surface area contributed by atoms with Gasteiger partial charge in [0.25, 0.3) is 0 Å². The van der Waals surface area contributed by atoms with Crippen LogP contribution in [0.25, 0.3) is 0 Å². The molecule has 29 heavy (non-hydrogen) atoms. The standard InChI is InChI=1S/C20H24N2O6S/c23-20(21-11-14-26-16-5-2-1-3-6-16)9-10-22-29(24,25)17-7-8-18-19(15-17)28-13-4-12-27-18/h1-3,5-8,15,22H,4,9-14H2,(H,21,23). The van der Waals surface area contributed by atoms with E-state index in [0.717, 1.165) is 12.2 Å². The minimum absolute atomic E-state index is 0.0118. The van der Waals surface area contributed by atoms with Crippen LogP contribution in [0, 0.1) is 0 Å². The van der Waals surface area contributed by atoms with Crippen molar-refractivity contribution in [2.24, 2.45) is 0 Å². The Kier molecular flexibility index (Phi) is 7.31. The molecule has 0 radical (unpaired) electrons. The Hall–Kier alpha value is -2.78. The average Bonchev–Trinajstić information content (AvgIpc) is 2.97. The Morgan fingerprint density at radius 3 is 2.55 bits per heavy atom. The summed E-state index contributed by atoms with van der Waals surface area (Å²) in [5.41, 5.74) is 0. The Morgan fingerprint density at radius 1 is 1.00 bits per heavy atom. The predicted molar refractivity (Wildman–Crippen MR) is 107 cm³/mol. The lowest BCUT2D eigenvalue weighted by atomic mass is 10.3. The number of ether oxygens (including phenoxy) is 3. The van der Waals surface area contributed by atoms with E-state index in [-0.39, 0.29) is 23.8 Å². The molecule has 1 heterocycles. The van der Waals surface area contributed by atoms with E-state index in [0.29, 0.717) is 37.9 Å². The predicted octanol–water partition coefficient (Wildman–Crippen LogP) is 1.71. The Morgan fingerprint density at radius 2 is 1.76 bits per heavy atom. The van der Waals surface area contributed by atoms with Gasteiger partial charge in [-0.2, -0.15) is 0 Å². The fourth-order valence-electron chi connectivity index (χ4n) is 2.66. The zero-order chi connectivity index (χ0) is 20.5. The molecule has 156 valence electrons. The fraction of sp³-hybridized carbons (Fsp3) is 0.350. The van der Waals surface area contributed by atoms with Crippen molar-refractivity contribution < 1.29 is 27.4 Å². The summed E-state index contributed by atoms with van der Waals surface area (Å²) in [4.78, 5) is 11.9.